The first-order valence-corrected chi connectivity index (χ1v) is 11.4. The lowest BCUT2D eigenvalue weighted by Crippen LogP contribution is -2.34. The van der Waals surface area contributed by atoms with Crippen LogP contribution in [-0.4, -0.2) is 20.1 Å². The maximum absolute atomic E-state index is 12.6. The van der Waals surface area contributed by atoms with Gasteiger partial charge in [0, 0.05) is 4.47 Å². The van der Waals surface area contributed by atoms with Crippen LogP contribution in [0, 0.1) is 0 Å². The molecule has 0 aliphatic rings. The second-order valence-corrected chi connectivity index (χ2v) is 9.46. The van der Waals surface area contributed by atoms with Crippen molar-refractivity contribution in [3.63, 3.8) is 0 Å². The van der Waals surface area contributed by atoms with Crippen LogP contribution in [0.5, 0.6) is 0 Å². The van der Waals surface area contributed by atoms with Crippen molar-refractivity contribution < 1.29 is 13.2 Å². The lowest BCUT2D eigenvalue weighted by molar-refractivity contribution is -0.119. The summed E-state index contributed by atoms with van der Waals surface area (Å²) in [5.74, 6) is -1.26. The van der Waals surface area contributed by atoms with Crippen LogP contribution in [0.2, 0.25) is 0 Å². The highest BCUT2D eigenvalue weighted by Crippen LogP contribution is 2.22. The Bertz CT molecular complexity index is 998. The summed E-state index contributed by atoms with van der Waals surface area (Å²) in [7, 11) is -3.59. The molecule has 1 N–H and O–H groups in total. The number of rotatable bonds is 7. The summed E-state index contributed by atoms with van der Waals surface area (Å²) in [6.07, 6.45) is 0. The van der Waals surface area contributed by atoms with Gasteiger partial charge in [0.1, 0.15) is 5.75 Å². The van der Waals surface area contributed by atoms with Gasteiger partial charge in [-0.25, -0.2) is 8.42 Å². The summed E-state index contributed by atoms with van der Waals surface area (Å²) in [5.41, 5.74) is 2.43. The number of amides is 1. The van der Waals surface area contributed by atoms with Crippen LogP contribution in [0.1, 0.15) is 22.7 Å². The molecular formula is C22H20BrNO3S. The fraction of sp³-hybridized carbons (Fsp3) is 0.136. The molecule has 4 nitrogen and oxygen atoms in total. The van der Waals surface area contributed by atoms with Crippen LogP contribution in [0.25, 0.3) is 0 Å². The summed E-state index contributed by atoms with van der Waals surface area (Å²) >= 11 is 3.33. The predicted molar refractivity (Wildman–Crippen MR) is 115 cm³/mol. The Morgan fingerprint density at radius 2 is 1.43 bits per heavy atom. The number of benzene rings is 3. The van der Waals surface area contributed by atoms with Crippen molar-refractivity contribution in [3.8, 4) is 0 Å². The van der Waals surface area contributed by atoms with E-state index in [9.17, 15) is 13.2 Å². The number of nitrogens with one attached hydrogen (secondary N) is 1. The molecule has 144 valence electrons. The number of halogens is 1. The molecule has 0 fully saturated rings. The predicted octanol–water partition coefficient (Wildman–Crippen LogP) is 4.27. The average molecular weight is 458 g/mol. The van der Waals surface area contributed by atoms with E-state index in [0.717, 1.165) is 15.6 Å². The van der Waals surface area contributed by atoms with E-state index in [1.807, 2.05) is 66.7 Å². The number of hydrogen-bond donors (Lipinski definition) is 1. The molecule has 3 aromatic carbocycles. The van der Waals surface area contributed by atoms with Gasteiger partial charge in [0.05, 0.1) is 11.8 Å². The van der Waals surface area contributed by atoms with Gasteiger partial charge < -0.3 is 5.32 Å². The van der Waals surface area contributed by atoms with Gasteiger partial charge in [-0.15, -0.1) is 0 Å². The van der Waals surface area contributed by atoms with Gasteiger partial charge in [0.25, 0.3) is 0 Å². The highest BCUT2D eigenvalue weighted by molar-refractivity contribution is 9.10. The minimum absolute atomic E-state index is 0.179. The van der Waals surface area contributed by atoms with Crippen LogP contribution in [-0.2, 0) is 20.4 Å². The summed E-state index contributed by atoms with van der Waals surface area (Å²) in [5, 5.41) is 2.88. The van der Waals surface area contributed by atoms with Gasteiger partial charge in [0.15, 0.2) is 9.84 Å². The molecule has 0 spiro atoms. The third-order valence-corrected chi connectivity index (χ3v) is 6.17. The number of sulfone groups is 1. The molecular weight excluding hydrogens is 438 g/mol. The topological polar surface area (TPSA) is 63.2 Å². The van der Waals surface area contributed by atoms with E-state index in [1.54, 1.807) is 18.2 Å². The molecule has 0 aromatic heterocycles. The largest absolute Gasteiger partial charge is 0.344 e. The highest BCUT2D eigenvalue weighted by atomic mass is 79.9. The molecule has 0 saturated carbocycles. The smallest absolute Gasteiger partial charge is 0.235 e. The van der Waals surface area contributed by atoms with Crippen molar-refractivity contribution in [1.82, 2.24) is 5.32 Å². The normalized spacial score (nSPS) is 11.4. The van der Waals surface area contributed by atoms with Gasteiger partial charge in [-0.1, -0.05) is 88.7 Å². The third-order valence-electron chi connectivity index (χ3n) is 4.20. The first kappa shape index (κ1) is 20.3. The molecule has 6 heteroatoms. The first-order chi connectivity index (χ1) is 13.4. The fourth-order valence-corrected chi connectivity index (χ4v) is 4.70. The van der Waals surface area contributed by atoms with E-state index in [-0.39, 0.29) is 5.75 Å². The summed E-state index contributed by atoms with van der Waals surface area (Å²) in [4.78, 5) is 12.6. The maximum atomic E-state index is 12.6. The quantitative estimate of drug-likeness (QED) is 0.575. The molecule has 28 heavy (non-hydrogen) atoms. The summed E-state index contributed by atoms with van der Waals surface area (Å²) in [6.45, 7) is 0. The van der Waals surface area contributed by atoms with Crippen molar-refractivity contribution >= 4 is 31.7 Å². The Hall–Kier alpha value is -2.44. The molecule has 3 aromatic rings. The van der Waals surface area contributed by atoms with Gasteiger partial charge >= 0.3 is 0 Å². The van der Waals surface area contributed by atoms with Gasteiger partial charge in [-0.05, 0) is 28.8 Å². The Morgan fingerprint density at radius 3 is 1.96 bits per heavy atom. The SMILES string of the molecule is O=C(CS(=O)(=O)Cc1cccc(Br)c1)NC(c1ccccc1)c1ccccc1. The van der Waals surface area contributed by atoms with E-state index < -0.39 is 27.5 Å². The Balaban J connectivity index is 1.75. The molecule has 0 saturated heterocycles. The van der Waals surface area contributed by atoms with Crippen LogP contribution in [0.3, 0.4) is 0 Å². The third kappa shape index (κ3) is 5.78. The number of carbonyl (C=O) groups excluding carboxylic acids is 1. The molecule has 0 atom stereocenters. The monoisotopic (exact) mass is 457 g/mol. The zero-order chi connectivity index (χ0) is 20.0. The average Bonchev–Trinajstić information content (AvgIpc) is 2.66. The van der Waals surface area contributed by atoms with Crippen LogP contribution in [0.4, 0.5) is 0 Å². The lowest BCUT2D eigenvalue weighted by Gasteiger charge is -2.20. The van der Waals surface area contributed by atoms with Crippen molar-refractivity contribution in [2.45, 2.75) is 11.8 Å². The van der Waals surface area contributed by atoms with E-state index in [1.165, 1.54) is 0 Å². The Kier molecular flexibility index (Phi) is 6.65. The van der Waals surface area contributed by atoms with Gasteiger partial charge in [-0.3, -0.25) is 4.79 Å². The van der Waals surface area contributed by atoms with E-state index >= 15 is 0 Å². The van der Waals surface area contributed by atoms with Crippen LogP contribution in [0.15, 0.2) is 89.4 Å². The molecule has 0 heterocycles. The van der Waals surface area contributed by atoms with Crippen molar-refractivity contribution in [3.05, 3.63) is 106 Å². The number of carbonyl (C=O) groups is 1. The molecule has 0 bridgehead atoms. The van der Waals surface area contributed by atoms with Gasteiger partial charge in [0.2, 0.25) is 5.91 Å². The number of hydrogen-bond acceptors (Lipinski definition) is 3. The van der Waals surface area contributed by atoms with Crippen molar-refractivity contribution in [1.29, 1.82) is 0 Å². The van der Waals surface area contributed by atoms with Gasteiger partial charge in [-0.2, -0.15) is 0 Å². The fourth-order valence-electron chi connectivity index (χ4n) is 2.98. The first-order valence-electron chi connectivity index (χ1n) is 8.77. The Morgan fingerprint density at radius 1 is 0.857 bits per heavy atom. The van der Waals surface area contributed by atoms with Crippen molar-refractivity contribution in [2.75, 3.05) is 5.75 Å². The molecule has 0 unspecified atom stereocenters. The molecule has 0 aliphatic carbocycles. The molecule has 0 radical (unpaired) electrons. The van der Waals surface area contributed by atoms with Crippen LogP contribution < -0.4 is 5.32 Å². The zero-order valence-corrected chi connectivity index (χ0v) is 17.5. The van der Waals surface area contributed by atoms with E-state index in [0.29, 0.717) is 5.56 Å². The molecule has 0 aliphatic heterocycles. The lowest BCUT2D eigenvalue weighted by atomic mass is 9.99. The van der Waals surface area contributed by atoms with Crippen molar-refractivity contribution in [2.24, 2.45) is 0 Å². The minimum Gasteiger partial charge on any atom is -0.344 e. The summed E-state index contributed by atoms with van der Waals surface area (Å²) in [6, 6.07) is 25.7. The zero-order valence-electron chi connectivity index (χ0n) is 15.1. The minimum atomic E-state index is -3.59. The summed E-state index contributed by atoms with van der Waals surface area (Å²) < 4.78 is 25.8. The van der Waals surface area contributed by atoms with E-state index in [2.05, 4.69) is 21.2 Å². The molecule has 3 rings (SSSR count). The molecule has 1 amide bonds. The Labute approximate surface area is 173 Å². The standard InChI is InChI=1S/C22H20BrNO3S/c23-20-13-7-8-17(14-20)15-28(26,27)16-21(25)24-22(18-9-3-1-4-10-18)19-11-5-2-6-12-19/h1-14,22H,15-16H2,(H,24,25). The van der Waals surface area contributed by atoms with Crippen LogP contribution >= 0.6 is 15.9 Å². The second-order valence-electron chi connectivity index (χ2n) is 6.48. The maximum Gasteiger partial charge on any atom is 0.235 e. The van der Waals surface area contributed by atoms with E-state index in [4.69, 9.17) is 0 Å². The highest BCUT2D eigenvalue weighted by Gasteiger charge is 2.22. The second kappa shape index (κ2) is 9.17.